The second-order valence-corrected chi connectivity index (χ2v) is 6.11. The van der Waals surface area contributed by atoms with Gasteiger partial charge in [-0.05, 0) is 44.0 Å². The number of aromatic nitrogens is 2. The molecule has 0 N–H and O–H groups in total. The van der Waals surface area contributed by atoms with Crippen LogP contribution in [0.2, 0.25) is 0 Å². The van der Waals surface area contributed by atoms with Gasteiger partial charge in [-0.1, -0.05) is 10.3 Å². The standard InChI is InChI=1S/C18H16FN3O3/c1-11-9-17(25-20-11)15-3-2-8-22(15)18(23)14-10-16(24-21-14)12-4-6-13(19)7-5-12/h4-7,9-10,15H,2-3,8H2,1H3/t15-/m1/s1. The monoisotopic (exact) mass is 341 g/mol. The molecule has 1 amide bonds. The smallest absolute Gasteiger partial charge is 0.276 e. The number of likely N-dealkylation sites (tertiary alicyclic amines) is 1. The number of hydrogen-bond donors (Lipinski definition) is 0. The number of hydrogen-bond acceptors (Lipinski definition) is 5. The van der Waals surface area contributed by atoms with Gasteiger partial charge < -0.3 is 13.9 Å². The minimum absolute atomic E-state index is 0.139. The van der Waals surface area contributed by atoms with E-state index in [4.69, 9.17) is 9.05 Å². The molecular weight excluding hydrogens is 325 g/mol. The van der Waals surface area contributed by atoms with Gasteiger partial charge in [-0.25, -0.2) is 4.39 Å². The lowest BCUT2D eigenvalue weighted by Gasteiger charge is -2.21. The molecule has 1 saturated heterocycles. The molecule has 7 heteroatoms. The Bertz CT molecular complexity index is 900. The summed E-state index contributed by atoms with van der Waals surface area (Å²) in [6.07, 6.45) is 1.71. The predicted octanol–water partition coefficient (Wildman–Crippen LogP) is 3.75. The lowest BCUT2D eigenvalue weighted by molar-refractivity contribution is 0.0704. The van der Waals surface area contributed by atoms with E-state index in [0.717, 1.165) is 18.5 Å². The van der Waals surface area contributed by atoms with Crippen LogP contribution in [-0.2, 0) is 0 Å². The van der Waals surface area contributed by atoms with Crippen molar-refractivity contribution in [2.45, 2.75) is 25.8 Å². The number of rotatable bonds is 3. The van der Waals surface area contributed by atoms with Crippen LogP contribution in [0.5, 0.6) is 0 Å². The van der Waals surface area contributed by atoms with Crippen molar-refractivity contribution in [3.05, 3.63) is 59.4 Å². The zero-order chi connectivity index (χ0) is 17.4. The largest absolute Gasteiger partial charge is 0.359 e. The van der Waals surface area contributed by atoms with E-state index in [1.807, 2.05) is 13.0 Å². The first-order chi connectivity index (χ1) is 12.1. The van der Waals surface area contributed by atoms with Crippen LogP contribution >= 0.6 is 0 Å². The molecule has 0 radical (unpaired) electrons. The highest BCUT2D eigenvalue weighted by molar-refractivity contribution is 5.93. The fraction of sp³-hybridized carbons (Fsp3) is 0.278. The van der Waals surface area contributed by atoms with Gasteiger partial charge in [-0.3, -0.25) is 4.79 Å². The second-order valence-electron chi connectivity index (χ2n) is 6.11. The number of benzene rings is 1. The summed E-state index contributed by atoms with van der Waals surface area (Å²) in [5.74, 6) is 0.565. The molecule has 0 spiro atoms. The van der Waals surface area contributed by atoms with E-state index in [9.17, 15) is 9.18 Å². The van der Waals surface area contributed by atoms with Gasteiger partial charge in [-0.15, -0.1) is 0 Å². The van der Waals surface area contributed by atoms with Crippen molar-refractivity contribution < 1.29 is 18.2 Å². The maximum absolute atomic E-state index is 13.0. The van der Waals surface area contributed by atoms with Gasteiger partial charge >= 0.3 is 0 Å². The number of halogens is 1. The van der Waals surface area contributed by atoms with Crippen molar-refractivity contribution >= 4 is 5.91 Å². The number of carbonyl (C=O) groups is 1. The van der Waals surface area contributed by atoms with Crippen LogP contribution in [-0.4, -0.2) is 27.7 Å². The Kier molecular flexibility index (Phi) is 3.83. The maximum atomic E-state index is 13.0. The van der Waals surface area contributed by atoms with Gasteiger partial charge in [0.15, 0.2) is 17.2 Å². The molecule has 1 aliphatic rings. The van der Waals surface area contributed by atoms with Crippen molar-refractivity contribution in [2.24, 2.45) is 0 Å². The van der Waals surface area contributed by atoms with E-state index < -0.39 is 0 Å². The first kappa shape index (κ1) is 15.6. The molecule has 1 atom stereocenters. The van der Waals surface area contributed by atoms with Gasteiger partial charge in [0.1, 0.15) is 5.82 Å². The quantitative estimate of drug-likeness (QED) is 0.725. The maximum Gasteiger partial charge on any atom is 0.276 e. The van der Waals surface area contributed by atoms with E-state index in [-0.39, 0.29) is 23.5 Å². The molecule has 1 fully saturated rings. The van der Waals surface area contributed by atoms with Gasteiger partial charge in [0, 0.05) is 24.2 Å². The molecule has 3 heterocycles. The second kappa shape index (κ2) is 6.16. The van der Waals surface area contributed by atoms with Crippen LogP contribution in [0.15, 0.2) is 45.4 Å². The molecule has 1 aliphatic heterocycles. The van der Waals surface area contributed by atoms with Crippen LogP contribution in [0.3, 0.4) is 0 Å². The van der Waals surface area contributed by atoms with Crippen LogP contribution < -0.4 is 0 Å². The van der Waals surface area contributed by atoms with Crippen LogP contribution in [0.25, 0.3) is 11.3 Å². The van der Waals surface area contributed by atoms with Crippen molar-refractivity contribution in [1.82, 2.24) is 15.2 Å². The van der Waals surface area contributed by atoms with Crippen molar-refractivity contribution in [3.63, 3.8) is 0 Å². The molecule has 128 valence electrons. The van der Waals surface area contributed by atoms with E-state index in [2.05, 4.69) is 10.3 Å². The summed E-state index contributed by atoms with van der Waals surface area (Å²) in [6.45, 7) is 2.47. The SMILES string of the molecule is Cc1cc([C@H]2CCCN2C(=O)c2cc(-c3ccc(F)cc3)on2)on1. The molecule has 0 bridgehead atoms. The fourth-order valence-corrected chi connectivity index (χ4v) is 3.12. The van der Waals surface area contributed by atoms with Crippen LogP contribution in [0.4, 0.5) is 4.39 Å². The first-order valence-electron chi connectivity index (χ1n) is 8.08. The lowest BCUT2D eigenvalue weighted by atomic mass is 10.1. The number of carbonyl (C=O) groups excluding carboxylic acids is 1. The van der Waals surface area contributed by atoms with Crippen LogP contribution in [0.1, 0.15) is 40.8 Å². The highest BCUT2D eigenvalue weighted by Crippen LogP contribution is 2.33. The predicted molar refractivity (Wildman–Crippen MR) is 86.1 cm³/mol. The summed E-state index contributed by atoms with van der Waals surface area (Å²) in [7, 11) is 0. The van der Waals surface area contributed by atoms with E-state index in [1.54, 1.807) is 23.1 Å². The Morgan fingerprint density at radius 3 is 2.72 bits per heavy atom. The molecule has 0 saturated carbocycles. The normalized spacial score (nSPS) is 17.2. The lowest BCUT2D eigenvalue weighted by Crippen LogP contribution is -2.30. The Labute approximate surface area is 143 Å². The topological polar surface area (TPSA) is 72.4 Å². The third kappa shape index (κ3) is 2.93. The number of nitrogens with zero attached hydrogens (tertiary/aromatic N) is 3. The molecule has 2 aromatic heterocycles. The van der Waals surface area contributed by atoms with E-state index >= 15 is 0 Å². The van der Waals surface area contributed by atoms with E-state index in [0.29, 0.717) is 23.6 Å². The van der Waals surface area contributed by atoms with Crippen LogP contribution in [0, 0.1) is 12.7 Å². The minimum atomic E-state index is -0.332. The molecule has 6 nitrogen and oxygen atoms in total. The fourth-order valence-electron chi connectivity index (χ4n) is 3.12. The van der Waals surface area contributed by atoms with Gasteiger partial charge in [0.05, 0.1) is 11.7 Å². The third-order valence-corrected chi connectivity index (χ3v) is 4.35. The number of amides is 1. The Morgan fingerprint density at radius 1 is 1.20 bits per heavy atom. The van der Waals surface area contributed by atoms with Crippen molar-refractivity contribution in [1.29, 1.82) is 0 Å². The van der Waals surface area contributed by atoms with E-state index in [1.165, 1.54) is 12.1 Å². The Morgan fingerprint density at radius 2 is 2.00 bits per heavy atom. The summed E-state index contributed by atoms with van der Waals surface area (Å²) >= 11 is 0. The molecule has 4 rings (SSSR count). The van der Waals surface area contributed by atoms with Gasteiger partial charge in [0.2, 0.25) is 0 Å². The number of aryl methyl sites for hydroxylation is 1. The highest BCUT2D eigenvalue weighted by Gasteiger charge is 2.34. The Balaban J connectivity index is 1.57. The first-order valence-corrected chi connectivity index (χ1v) is 8.08. The zero-order valence-corrected chi connectivity index (χ0v) is 13.6. The molecule has 1 aromatic carbocycles. The summed E-state index contributed by atoms with van der Waals surface area (Å²) in [5, 5.41) is 7.79. The molecule has 0 aliphatic carbocycles. The summed E-state index contributed by atoms with van der Waals surface area (Å²) in [5.41, 5.74) is 1.67. The molecule has 3 aromatic rings. The molecule has 25 heavy (non-hydrogen) atoms. The average Bonchev–Trinajstić information content (AvgIpc) is 3.35. The van der Waals surface area contributed by atoms with Gasteiger partial charge in [-0.2, -0.15) is 0 Å². The molecule has 0 unspecified atom stereocenters. The summed E-state index contributed by atoms with van der Waals surface area (Å²) in [6, 6.07) is 9.13. The molecular formula is C18H16FN3O3. The highest BCUT2D eigenvalue weighted by atomic mass is 19.1. The zero-order valence-electron chi connectivity index (χ0n) is 13.6. The van der Waals surface area contributed by atoms with Gasteiger partial charge in [0.25, 0.3) is 5.91 Å². The summed E-state index contributed by atoms with van der Waals surface area (Å²) < 4.78 is 23.6. The average molecular weight is 341 g/mol. The van der Waals surface area contributed by atoms with Crippen molar-refractivity contribution in [2.75, 3.05) is 6.54 Å². The Hall–Kier alpha value is -2.96. The third-order valence-electron chi connectivity index (χ3n) is 4.35. The summed E-state index contributed by atoms with van der Waals surface area (Å²) in [4.78, 5) is 14.5. The van der Waals surface area contributed by atoms with Crippen molar-refractivity contribution in [3.8, 4) is 11.3 Å². The minimum Gasteiger partial charge on any atom is -0.359 e.